The highest BCUT2D eigenvalue weighted by Gasteiger charge is 2.51. The molecule has 4 aliphatic carbocycles. The number of hydrogen-bond acceptors (Lipinski definition) is 2. The van der Waals surface area contributed by atoms with Crippen LogP contribution in [0.15, 0.2) is 12.4 Å². The van der Waals surface area contributed by atoms with Crippen molar-refractivity contribution in [3.05, 3.63) is 18.0 Å². The molecule has 1 aromatic rings. The summed E-state index contributed by atoms with van der Waals surface area (Å²) < 4.78 is 2.13. The topological polar surface area (TPSA) is 43.8 Å². The first-order valence-electron chi connectivity index (χ1n) is 8.40. The van der Waals surface area contributed by atoms with Gasteiger partial charge in [-0.3, -0.25) is 4.68 Å². The molecule has 110 valence electrons. The number of aromatic nitrogens is 2. The molecule has 1 aromatic heterocycles. The van der Waals surface area contributed by atoms with E-state index < -0.39 is 0 Å². The largest absolute Gasteiger partial charge is 0.330 e. The minimum atomic E-state index is 0.485. The smallest absolute Gasteiger partial charge is 0.0527 e. The molecule has 1 atom stereocenters. The first-order chi connectivity index (χ1) is 9.67. The van der Waals surface area contributed by atoms with Crippen molar-refractivity contribution in [3.8, 4) is 0 Å². The van der Waals surface area contributed by atoms with Gasteiger partial charge >= 0.3 is 0 Å². The van der Waals surface area contributed by atoms with Gasteiger partial charge in [0.15, 0.2) is 0 Å². The Kier molecular flexibility index (Phi) is 2.95. The van der Waals surface area contributed by atoms with Crippen molar-refractivity contribution in [2.45, 2.75) is 57.4 Å². The van der Waals surface area contributed by atoms with E-state index in [2.05, 4.69) is 29.1 Å². The van der Waals surface area contributed by atoms with Crippen LogP contribution in [0.2, 0.25) is 0 Å². The minimum Gasteiger partial charge on any atom is -0.330 e. The van der Waals surface area contributed by atoms with Crippen molar-refractivity contribution in [2.24, 2.45) is 29.4 Å². The zero-order chi connectivity index (χ0) is 13.7. The van der Waals surface area contributed by atoms with Gasteiger partial charge in [-0.05, 0) is 79.7 Å². The van der Waals surface area contributed by atoms with Crippen molar-refractivity contribution < 1.29 is 0 Å². The molecule has 3 heteroatoms. The monoisotopic (exact) mass is 273 g/mol. The maximum Gasteiger partial charge on any atom is 0.0527 e. The predicted octanol–water partition coefficient (Wildman–Crippen LogP) is 2.95. The van der Waals surface area contributed by atoms with Crippen molar-refractivity contribution in [1.82, 2.24) is 9.78 Å². The van der Waals surface area contributed by atoms with E-state index in [1.807, 2.05) is 0 Å². The van der Waals surface area contributed by atoms with Crippen LogP contribution in [0.5, 0.6) is 0 Å². The van der Waals surface area contributed by atoms with Gasteiger partial charge in [0.05, 0.1) is 6.20 Å². The molecule has 4 aliphatic rings. The first kappa shape index (κ1) is 12.9. The van der Waals surface area contributed by atoms with Crippen molar-refractivity contribution in [1.29, 1.82) is 0 Å². The summed E-state index contributed by atoms with van der Waals surface area (Å²) in [6.45, 7) is 3.90. The number of rotatable bonds is 4. The van der Waals surface area contributed by atoms with E-state index in [0.717, 1.165) is 30.8 Å². The van der Waals surface area contributed by atoms with E-state index in [0.29, 0.717) is 11.3 Å². The molecule has 1 unspecified atom stereocenters. The molecular weight excluding hydrogens is 246 g/mol. The van der Waals surface area contributed by atoms with Crippen LogP contribution in [0.25, 0.3) is 0 Å². The third-order valence-corrected chi connectivity index (χ3v) is 6.18. The highest BCUT2D eigenvalue weighted by Crippen LogP contribution is 2.60. The van der Waals surface area contributed by atoms with Gasteiger partial charge in [-0.2, -0.15) is 5.10 Å². The second-order valence-corrected chi connectivity index (χ2v) is 7.99. The summed E-state index contributed by atoms with van der Waals surface area (Å²) in [7, 11) is 0. The highest BCUT2D eigenvalue weighted by atomic mass is 15.3. The molecule has 4 bridgehead atoms. The molecule has 0 spiro atoms. The molecule has 4 fully saturated rings. The lowest BCUT2D eigenvalue weighted by Crippen LogP contribution is -2.48. The summed E-state index contributed by atoms with van der Waals surface area (Å²) in [5, 5.41) is 4.62. The van der Waals surface area contributed by atoms with Gasteiger partial charge in [0.25, 0.3) is 0 Å². The summed E-state index contributed by atoms with van der Waals surface area (Å²) in [5.41, 5.74) is 7.75. The van der Waals surface area contributed by atoms with Gasteiger partial charge in [-0.15, -0.1) is 0 Å². The quantitative estimate of drug-likeness (QED) is 0.916. The van der Waals surface area contributed by atoms with E-state index in [-0.39, 0.29) is 0 Å². The fourth-order valence-electron chi connectivity index (χ4n) is 5.60. The van der Waals surface area contributed by atoms with Crippen LogP contribution in [0.1, 0.15) is 51.0 Å². The molecule has 0 aromatic carbocycles. The maximum absolute atomic E-state index is 5.73. The van der Waals surface area contributed by atoms with Crippen molar-refractivity contribution >= 4 is 0 Å². The minimum absolute atomic E-state index is 0.485. The Morgan fingerprint density at radius 2 is 1.85 bits per heavy atom. The predicted molar refractivity (Wildman–Crippen MR) is 80.3 cm³/mol. The molecular formula is C17H27N3. The Morgan fingerprint density at radius 1 is 1.25 bits per heavy atom. The van der Waals surface area contributed by atoms with Gasteiger partial charge in [0, 0.05) is 12.7 Å². The average molecular weight is 273 g/mol. The summed E-state index contributed by atoms with van der Waals surface area (Å²) >= 11 is 0. The Labute approximate surface area is 121 Å². The van der Waals surface area contributed by atoms with Gasteiger partial charge in [-0.1, -0.05) is 6.92 Å². The Balaban J connectivity index is 1.58. The number of nitrogens with two attached hydrogens (primary N) is 1. The zero-order valence-electron chi connectivity index (χ0n) is 12.6. The zero-order valence-corrected chi connectivity index (χ0v) is 12.6. The second kappa shape index (κ2) is 4.59. The van der Waals surface area contributed by atoms with E-state index >= 15 is 0 Å². The maximum atomic E-state index is 5.73. The summed E-state index contributed by atoms with van der Waals surface area (Å²) in [4.78, 5) is 0. The highest BCUT2D eigenvalue weighted by molar-refractivity contribution is 5.25. The van der Waals surface area contributed by atoms with E-state index in [1.165, 1.54) is 44.1 Å². The second-order valence-electron chi connectivity index (χ2n) is 7.99. The Hall–Kier alpha value is -0.830. The third-order valence-electron chi connectivity index (χ3n) is 6.18. The van der Waals surface area contributed by atoms with E-state index in [1.54, 1.807) is 0 Å². The molecule has 1 heterocycles. The lowest BCUT2D eigenvalue weighted by molar-refractivity contribution is -0.00523. The van der Waals surface area contributed by atoms with Crippen LogP contribution in [0.4, 0.5) is 0 Å². The lowest BCUT2D eigenvalue weighted by Gasteiger charge is -2.56. The molecule has 2 N–H and O–H groups in total. The van der Waals surface area contributed by atoms with Crippen LogP contribution in [-0.4, -0.2) is 16.3 Å². The molecule has 20 heavy (non-hydrogen) atoms. The van der Waals surface area contributed by atoms with E-state index in [4.69, 9.17) is 5.73 Å². The van der Waals surface area contributed by atoms with Gasteiger partial charge < -0.3 is 5.73 Å². The third kappa shape index (κ3) is 2.02. The Bertz CT molecular complexity index is 455. The van der Waals surface area contributed by atoms with Crippen molar-refractivity contribution in [3.63, 3.8) is 0 Å². The summed E-state index contributed by atoms with van der Waals surface area (Å²) in [6.07, 6.45) is 13.3. The van der Waals surface area contributed by atoms with Crippen LogP contribution in [0, 0.1) is 23.7 Å². The summed E-state index contributed by atoms with van der Waals surface area (Å²) in [5.74, 6) is 3.53. The molecule has 0 saturated heterocycles. The first-order valence-corrected chi connectivity index (χ1v) is 8.40. The fourth-order valence-corrected chi connectivity index (χ4v) is 5.60. The molecule has 4 saturated carbocycles. The van der Waals surface area contributed by atoms with Crippen LogP contribution >= 0.6 is 0 Å². The fraction of sp³-hybridized carbons (Fsp3) is 0.824. The molecule has 3 nitrogen and oxygen atoms in total. The average Bonchev–Trinajstić information content (AvgIpc) is 2.86. The van der Waals surface area contributed by atoms with Crippen LogP contribution in [-0.2, 0) is 12.0 Å². The van der Waals surface area contributed by atoms with Crippen LogP contribution in [0.3, 0.4) is 0 Å². The normalized spacial score (nSPS) is 40.2. The molecule has 0 radical (unpaired) electrons. The molecule has 5 rings (SSSR count). The standard InChI is InChI=1S/C17H27N3/c1-12(8-18)10-20-11-16(9-19-20)17-5-13-2-14(6-17)4-15(3-13)7-17/h9,11-15H,2-8,10,18H2,1H3. The van der Waals surface area contributed by atoms with Gasteiger partial charge in [0.1, 0.15) is 0 Å². The molecule has 0 aliphatic heterocycles. The van der Waals surface area contributed by atoms with Crippen molar-refractivity contribution in [2.75, 3.05) is 6.54 Å². The number of hydrogen-bond donors (Lipinski definition) is 1. The number of nitrogens with zero attached hydrogens (tertiary/aromatic N) is 2. The lowest BCUT2D eigenvalue weighted by atomic mass is 9.48. The SMILES string of the molecule is CC(CN)Cn1cc(C23CC4CC(CC(C4)C2)C3)cn1. The van der Waals surface area contributed by atoms with Gasteiger partial charge in [0.2, 0.25) is 0 Å². The summed E-state index contributed by atoms with van der Waals surface area (Å²) in [6, 6.07) is 0. The Morgan fingerprint density at radius 3 is 2.40 bits per heavy atom. The van der Waals surface area contributed by atoms with E-state index in [9.17, 15) is 0 Å². The van der Waals surface area contributed by atoms with Gasteiger partial charge in [-0.25, -0.2) is 0 Å². The molecule has 0 amide bonds. The van der Waals surface area contributed by atoms with Crippen LogP contribution < -0.4 is 5.73 Å².